The second kappa shape index (κ2) is 12.4. The average molecular weight is 575 g/mol. The molecule has 0 spiro atoms. The van der Waals surface area contributed by atoms with Crippen molar-refractivity contribution in [2.75, 3.05) is 22.9 Å². The van der Waals surface area contributed by atoms with Crippen LogP contribution in [0.15, 0.2) is 108 Å². The van der Waals surface area contributed by atoms with Crippen LogP contribution >= 0.6 is 23.2 Å². The fourth-order valence-corrected chi connectivity index (χ4v) is 5.33. The van der Waals surface area contributed by atoms with E-state index in [1.165, 1.54) is 4.90 Å². The standard InChI is InChI=1S/C31H29Cl2N5O2/c32-22-12-16-26(17-13-22)38(31(34)40)29(27-10-4-5-11-28(27)33)30(39)37(24-8-2-1-3-9-24)25-18-14-23(15-19-25)35-36-20-6-7-21-36/h1-5,8-19,25,29H,6-7,20-21H2,(H2,34,40). The van der Waals surface area contributed by atoms with E-state index in [1.54, 1.807) is 53.4 Å². The molecular formula is C31H29Cl2N5O2. The lowest BCUT2D eigenvalue weighted by Gasteiger charge is -2.37. The molecule has 1 fully saturated rings. The Labute approximate surface area is 243 Å². The molecule has 3 amide bonds. The molecule has 0 radical (unpaired) electrons. The van der Waals surface area contributed by atoms with Gasteiger partial charge in [0.2, 0.25) is 0 Å². The molecule has 0 saturated carbocycles. The molecule has 40 heavy (non-hydrogen) atoms. The van der Waals surface area contributed by atoms with Crippen LogP contribution in [0.2, 0.25) is 10.0 Å². The summed E-state index contributed by atoms with van der Waals surface area (Å²) in [4.78, 5) is 30.6. The summed E-state index contributed by atoms with van der Waals surface area (Å²) in [5.74, 6) is -0.382. The second-order valence-electron chi connectivity index (χ2n) is 9.55. The van der Waals surface area contributed by atoms with Gasteiger partial charge in [-0.15, -0.1) is 0 Å². The van der Waals surface area contributed by atoms with Gasteiger partial charge in [0.05, 0.1) is 11.8 Å². The van der Waals surface area contributed by atoms with Gasteiger partial charge in [0.1, 0.15) is 6.04 Å². The SMILES string of the molecule is NC(=O)N(c1ccc(Cl)cc1)C(C(=O)N(c1ccccc1)C1C=CC(=NN2CCCC2)C=C1)c1ccccc1Cl. The zero-order chi connectivity index (χ0) is 28.1. The van der Waals surface area contributed by atoms with Crippen LogP contribution < -0.4 is 15.5 Å². The van der Waals surface area contributed by atoms with Crippen LogP contribution in [-0.2, 0) is 4.79 Å². The van der Waals surface area contributed by atoms with Gasteiger partial charge < -0.3 is 5.73 Å². The van der Waals surface area contributed by atoms with Gasteiger partial charge in [-0.25, -0.2) is 4.79 Å². The number of hydrazone groups is 1. The highest BCUT2D eigenvalue weighted by atomic mass is 35.5. The maximum Gasteiger partial charge on any atom is 0.320 e. The Morgan fingerprint density at radius 2 is 1.48 bits per heavy atom. The van der Waals surface area contributed by atoms with Crippen molar-refractivity contribution in [2.45, 2.75) is 24.9 Å². The Bertz CT molecular complexity index is 1430. The topological polar surface area (TPSA) is 82.2 Å². The lowest BCUT2D eigenvalue weighted by atomic mass is 9.99. The molecule has 7 nitrogen and oxygen atoms in total. The first-order valence-electron chi connectivity index (χ1n) is 13.1. The minimum atomic E-state index is -1.16. The van der Waals surface area contributed by atoms with Gasteiger partial charge in [-0.3, -0.25) is 19.6 Å². The van der Waals surface area contributed by atoms with E-state index in [1.807, 2.05) is 54.6 Å². The Morgan fingerprint density at radius 3 is 2.10 bits per heavy atom. The molecule has 1 atom stereocenters. The number of rotatable bonds is 7. The zero-order valence-electron chi connectivity index (χ0n) is 21.7. The van der Waals surface area contributed by atoms with E-state index >= 15 is 0 Å². The van der Waals surface area contributed by atoms with Crippen molar-refractivity contribution in [3.05, 3.63) is 119 Å². The van der Waals surface area contributed by atoms with E-state index in [-0.39, 0.29) is 5.91 Å². The van der Waals surface area contributed by atoms with Crippen LogP contribution in [0, 0.1) is 0 Å². The molecule has 2 aliphatic rings. The van der Waals surface area contributed by atoms with Gasteiger partial charge in [0.15, 0.2) is 0 Å². The number of allylic oxidation sites excluding steroid dienone is 2. The number of carbonyl (C=O) groups is 2. The normalized spacial score (nSPS) is 17.0. The van der Waals surface area contributed by atoms with E-state index < -0.39 is 18.1 Å². The quantitative estimate of drug-likeness (QED) is 0.345. The summed E-state index contributed by atoms with van der Waals surface area (Å²) in [7, 11) is 0. The van der Waals surface area contributed by atoms with Gasteiger partial charge in [0.25, 0.3) is 5.91 Å². The minimum absolute atomic E-state index is 0.337. The third-order valence-electron chi connectivity index (χ3n) is 6.87. The van der Waals surface area contributed by atoms with Crippen LogP contribution in [0.5, 0.6) is 0 Å². The maximum absolute atomic E-state index is 14.7. The Kier molecular flexibility index (Phi) is 8.53. The number of benzene rings is 3. The highest BCUT2D eigenvalue weighted by Crippen LogP contribution is 2.36. The number of nitrogens with two attached hydrogens (primary N) is 1. The van der Waals surface area contributed by atoms with Gasteiger partial charge in [-0.2, -0.15) is 5.10 Å². The van der Waals surface area contributed by atoms with Crippen molar-refractivity contribution >= 4 is 52.2 Å². The number of amides is 3. The second-order valence-corrected chi connectivity index (χ2v) is 10.4. The molecule has 5 rings (SSSR count). The lowest BCUT2D eigenvalue weighted by molar-refractivity contribution is -0.120. The Morgan fingerprint density at radius 1 is 0.850 bits per heavy atom. The monoisotopic (exact) mass is 573 g/mol. The first-order valence-corrected chi connectivity index (χ1v) is 13.8. The smallest absolute Gasteiger partial charge is 0.320 e. The fraction of sp³-hybridized carbons (Fsp3) is 0.194. The zero-order valence-corrected chi connectivity index (χ0v) is 23.2. The van der Waals surface area contributed by atoms with Crippen LogP contribution in [-0.4, -0.2) is 41.8 Å². The molecule has 204 valence electrons. The number of urea groups is 1. The van der Waals surface area contributed by atoms with Crippen LogP contribution in [0.4, 0.5) is 16.2 Å². The lowest BCUT2D eigenvalue weighted by Crippen LogP contribution is -2.50. The van der Waals surface area contributed by atoms with E-state index in [0.717, 1.165) is 31.6 Å². The third-order valence-corrected chi connectivity index (χ3v) is 7.47. The largest absolute Gasteiger partial charge is 0.351 e. The van der Waals surface area contributed by atoms with Gasteiger partial charge >= 0.3 is 6.03 Å². The van der Waals surface area contributed by atoms with Crippen molar-refractivity contribution in [3.8, 4) is 0 Å². The average Bonchev–Trinajstić information content (AvgIpc) is 3.47. The summed E-state index contributed by atoms with van der Waals surface area (Å²) in [6, 6.07) is 20.5. The van der Waals surface area contributed by atoms with Gasteiger partial charge in [-0.1, -0.05) is 71.8 Å². The molecule has 0 bridgehead atoms. The third kappa shape index (κ3) is 6.06. The van der Waals surface area contributed by atoms with Crippen molar-refractivity contribution in [3.63, 3.8) is 0 Å². The van der Waals surface area contributed by atoms with E-state index in [4.69, 9.17) is 34.0 Å². The highest BCUT2D eigenvalue weighted by molar-refractivity contribution is 6.32. The van der Waals surface area contributed by atoms with Gasteiger partial charge in [0, 0.05) is 40.1 Å². The summed E-state index contributed by atoms with van der Waals surface area (Å²) in [5.41, 5.74) is 8.28. The van der Waals surface area contributed by atoms with Crippen molar-refractivity contribution < 1.29 is 9.59 Å². The number of nitrogens with zero attached hydrogens (tertiary/aromatic N) is 4. The predicted octanol–water partition coefficient (Wildman–Crippen LogP) is 6.60. The van der Waals surface area contributed by atoms with Crippen LogP contribution in [0.3, 0.4) is 0 Å². The fourth-order valence-electron chi connectivity index (χ4n) is 4.97. The van der Waals surface area contributed by atoms with Gasteiger partial charge in [-0.05, 0) is 67.5 Å². The van der Waals surface area contributed by atoms with E-state index in [9.17, 15) is 9.59 Å². The molecular weight excluding hydrogens is 545 g/mol. The molecule has 3 aromatic rings. The molecule has 1 heterocycles. The molecule has 3 aromatic carbocycles. The van der Waals surface area contributed by atoms with Crippen LogP contribution in [0.1, 0.15) is 24.4 Å². The molecule has 9 heteroatoms. The first kappa shape index (κ1) is 27.5. The Hall–Kier alpha value is -4.07. The first-order chi connectivity index (χ1) is 19.4. The van der Waals surface area contributed by atoms with E-state index in [0.29, 0.717) is 27.0 Å². The molecule has 2 N–H and O–H groups in total. The number of para-hydroxylation sites is 1. The predicted molar refractivity (Wildman–Crippen MR) is 162 cm³/mol. The number of primary amides is 1. The summed E-state index contributed by atoms with van der Waals surface area (Å²) < 4.78 is 0. The highest BCUT2D eigenvalue weighted by Gasteiger charge is 2.38. The maximum atomic E-state index is 14.7. The number of anilines is 2. The van der Waals surface area contributed by atoms with Crippen molar-refractivity contribution in [2.24, 2.45) is 10.8 Å². The number of halogens is 2. The van der Waals surface area contributed by atoms with Crippen molar-refractivity contribution in [1.29, 1.82) is 0 Å². The molecule has 1 aliphatic heterocycles. The van der Waals surface area contributed by atoms with E-state index in [2.05, 4.69) is 5.01 Å². The van der Waals surface area contributed by atoms with Crippen LogP contribution in [0.25, 0.3) is 0 Å². The summed E-state index contributed by atoms with van der Waals surface area (Å²) in [6.45, 7) is 1.88. The molecule has 0 aromatic heterocycles. The summed E-state index contributed by atoms with van der Waals surface area (Å²) in [6.07, 6.45) is 9.97. The number of carbonyl (C=O) groups excluding carboxylic acids is 2. The Balaban J connectivity index is 1.59. The number of hydrogen-bond donors (Lipinski definition) is 1. The molecule has 1 unspecified atom stereocenters. The minimum Gasteiger partial charge on any atom is -0.351 e. The molecule has 1 aliphatic carbocycles. The number of hydrogen-bond acceptors (Lipinski definition) is 4. The summed E-state index contributed by atoms with van der Waals surface area (Å²) in [5, 5.41) is 7.60. The molecule has 1 saturated heterocycles. The summed E-state index contributed by atoms with van der Waals surface area (Å²) >= 11 is 12.8. The van der Waals surface area contributed by atoms with Crippen molar-refractivity contribution in [1.82, 2.24) is 5.01 Å².